The molecule has 1 aromatic rings. The first-order valence-corrected chi connectivity index (χ1v) is 5.92. The van der Waals surface area contributed by atoms with Crippen molar-refractivity contribution in [3.8, 4) is 0 Å². The van der Waals surface area contributed by atoms with Crippen molar-refractivity contribution in [3.05, 3.63) is 18.0 Å². The van der Waals surface area contributed by atoms with E-state index in [4.69, 9.17) is 0 Å². The number of nitrogens with zero attached hydrogens (tertiary/aromatic N) is 2. The van der Waals surface area contributed by atoms with Crippen LogP contribution in [0, 0.1) is 0 Å². The lowest BCUT2D eigenvalue weighted by molar-refractivity contribution is 0.0596. The summed E-state index contributed by atoms with van der Waals surface area (Å²) >= 11 is 0. The van der Waals surface area contributed by atoms with Gasteiger partial charge in [-0.05, 0) is 33.4 Å². The maximum absolute atomic E-state index is 10.1. The zero-order valence-corrected chi connectivity index (χ0v) is 10.7. The lowest BCUT2D eigenvalue weighted by Crippen LogP contribution is -2.39. The molecule has 1 rings (SSSR count). The second-order valence-electron chi connectivity index (χ2n) is 4.83. The van der Waals surface area contributed by atoms with E-state index in [2.05, 4.69) is 24.3 Å². The summed E-state index contributed by atoms with van der Waals surface area (Å²) in [4.78, 5) is 0. The summed E-state index contributed by atoms with van der Waals surface area (Å²) in [5.41, 5.74) is 0.211. The Labute approximate surface area is 97.7 Å². The van der Waals surface area contributed by atoms with Crippen molar-refractivity contribution in [1.29, 1.82) is 0 Å². The minimum atomic E-state index is -0.730. The standard InChI is InChI=1S/C12H23N3O/c1-5-13-9-12(4,16)8-11-6-7-15(14-11)10(2)3/h6-7,10,13,16H,5,8-9H2,1-4H3. The van der Waals surface area contributed by atoms with Gasteiger partial charge in [-0.3, -0.25) is 4.68 Å². The Bertz CT molecular complexity index is 318. The van der Waals surface area contributed by atoms with E-state index in [9.17, 15) is 5.11 Å². The number of hydrogen-bond acceptors (Lipinski definition) is 3. The smallest absolute Gasteiger partial charge is 0.0799 e. The fraction of sp³-hybridized carbons (Fsp3) is 0.750. The Morgan fingerprint density at radius 1 is 1.56 bits per heavy atom. The molecule has 1 heterocycles. The van der Waals surface area contributed by atoms with Crippen molar-refractivity contribution in [3.63, 3.8) is 0 Å². The second-order valence-corrected chi connectivity index (χ2v) is 4.83. The molecule has 0 spiro atoms. The maximum Gasteiger partial charge on any atom is 0.0799 e. The summed E-state index contributed by atoms with van der Waals surface area (Å²) in [6, 6.07) is 2.34. The third kappa shape index (κ3) is 3.94. The van der Waals surface area contributed by atoms with E-state index in [1.807, 2.05) is 30.8 Å². The van der Waals surface area contributed by atoms with E-state index >= 15 is 0 Å². The Kier molecular flexibility index (Phi) is 4.50. The van der Waals surface area contributed by atoms with Crippen molar-refractivity contribution in [2.24, 2.45) is 0 Å². The van der Waals surface area contributed by atoms with Crippen LogP contribution in [-0.4, -0.2) is 33.6 Å². The van der Waals surface area contributed by atoms with Crippen molar-refractivity contribution in [2.75, 3.05) is 13.1 Å². The molecule has 0 aromatic carbocycles. The summed E-state index contributed by atoms with van der Waals surface area (Å²) < 4.78 is 1.92. The van der Waals surface area contributed by atoms with E-state index in [1.165, 1.54) is 0 Å². The van der Waals surface area contributed by atoms with Crippen LogP contribution in [-0.2, 0) is 6.42 Å². The van der Waals surface area contributed by atoms with Crippen LogP contribution in [0.2, 0.25) is 0 Å². The van der Waals surface area contributed by atoms with Gasteiger partial charge >= 0.3 is 0 Å². The highest BCUT2D eigenvalue weighted by atomic mass is 16.3. The van der Waals surface area contributed by atoms with Crippen LogP contribution in [0.4, 0.5) is 0 Å². The van der Waals surface area contributed by atoms with Crippen molar-refractivity contribution in [2.45, 2.75) is 45.8 Å². The molecule has 0 radical (unpaired) electrons. The molecule has 4 nitrogen and oxygen atoms in total. The van der Waals surface area contributed by atoms with E-state index in [0.29, 0.717) is 19.0 Å². The van der Waals surface area contributed by atoms with E-state index in [1.54, 1.807) is 0 Å². The molecule has 16 heavy (non-hydrogen) atoms. The number of rotatable bonds is 6. The van der Waals surface area contributed by atoms with Gasteiger partial charge in [0.2, 0.25) is 0 Å². The number of likely N-dealkylation sites (N-methyl/N-ethyl adjacent to an activating group) is 1. The minimum absolute atomic E-state index is 0.368. The van der Waals surface area contributed by atoms with Crippen molar-refractivity contribution < 1.29 is 5.11 Å². The van der Waals surface area contributed by atoms with Gasteiger partial charge in [0, 0.05) is 25.2 Å². The third-order valence-corrected chi connectivity index (χ3v) is 2.51. The summed E-state index contributed by atoms with van der Waals surface area (Å²) in [5.74, 6) is 0. The molecule has 0 fully saturated rings. The molecule has 0 bridgehead atoms. The van der Waals surface area contributed by atoms with Gasteiger partial charge in [-0.15, -0.1) is 0 Å². The molecule has 0 aliphatic rings. The predicted molar refractivity (Wildman–Crippen MR) is 65.5 cm³/mol. The van der Waals surface area contributed by atoms with Crippen LogP contribution in [0.3, 0.4) is 0 Å². The topological polar surface area (TPSA) is 50.1 Å². The highest BCUT2D eigenvalue weighted by molar-refractivity contribution is 5.04. The first-order valence-electron chi connectivity index (χ1n) is 5.92. The van der Waals surface area contributed by atoms with Gasteiger partial charge in [0.15, 0.2) is 0 Å². The van der Waals surface area contributed by atoms with Gasteiger partial charge in [-0.1, -0.05) is 6.92 Å². The Hall–Kier alpha value is -0.870. The molecule has 2 N–H and O–H groups in total. The van der Waals surface area contributed by atoms with Gasteiger partial charge < -0.3 is 10.4 Å². The molecule has 4 heteroatoms. The van der Waals surface area contributed by atoms with Crippen LogP contribution < -0.4 is 5.32 Å². The number of aromatic nitrogens is 2. The van der Waals surface area contributed by atoms with Gasteiger partial charge in [-0.2, -0.15) is 5.10 Å². The molecular weight excluding hydrogens is 202 g/mol. The second kappa shape index (κ2) is 5.46. The van der Waals surface area contributed by atoms with Crippen LogP contribution >= 0.6 is 0 Å². The Morgan fingerprint density at radius 3 is 2.75 bits per heavy atom. The number of hydrogen-bond donors (Lipinski definition) is 2. The summed E-state index contributed by atoms with van der Waals surface area (Å²) in [6.45, 7) is 9.52. The summed E-state index contributed by atoms with van der Waals surface area (Å²) in [7, 11) is 0. The fourth-order valence-electron chi connectivity index (χ4n) is 1.61. The number of aliphatic hydroxyl groups is 1. The molecule has 1 aromatic heterocycles. The molecule has 0 aliphatic heterocycles. The van der Waals surface area contributed by atoms with Crippen LogP contribution in [0.25, 0.3) is 0 Å². The first-order chi connectivity index (χ1) is 7.44. The molecule has 0 aliphatic carbocycles. The van der Waals surface area contributed by atoms with Gasteiger partial charge in [0.05, 0.1) is 11.3 Å². The Morgan fingerprint density at radius 2 is 2.25 bits per heavy atom. The van der Waals surface area contributed by atoms with Crippen LogP contribution in [0.5, 0.6) is 0 Å². The third-order valence-electron chi connectivity index (χ3n) is 2.51. The molecule has 0 amide bonds. The first kappa shape index (κ1) is 13.2. The SMILES string of the molecule is CCNCC(C)(O)Cc1ccn(C(C)C)n1. The zero-order chi connectivity index (χ0) is 12.2. The van der Waals surface area contributed by atoms with Gasteiger partial charge in [-0.25, -0.2) is 0 Å². The lowest BCUT2D eigenvalue weighted by atomic mass is 10.0. The molecule has 0 saturated carbocycles. The van der Waals surface area contributed by atoms with E-state index < -0.39 is 5.60 Å². The number of nitrogens with one attached hydrogen (secondary N) is 1. The van der Waals surface area contributed by atoms with Gasteiger partial charge in [0.1, 0.15) is 0 Å². The monoisotopic (exact) mass is 225 g/mol. The zero-order valence-electron chi connectivity index (χ0n) is 10.7. The quantitative estimate of drug-likeness (QED) is 0.768. The average Bonchev–Trinajstić information content (AvgIpc) is 2.62. The molecule has 1 atom stereocenters. The van der Waals surface area contributed by atoms with Crippen molar-refractivity contribution >= 4 is 0 Å². The normalized spacial score (nSPS) is 15.4. The highest BCUT2D eigenvalue weighted by Crippen LogP contribution is 2.12. The van der Waals surface area contributed by atoms with Crippen LogP contribution in [0.15, 0.2) is 12.3 Å². The molecular formula is C12H23N3O. The molecule has 92 valence electrons. The summed E-state index contributed by atoms with van der Waals surface area (Å²) in [5, 5.41) is 17.7. The Balaban J connectivity index is 2.57. The minimum Gasteiger partial charge on any atom is -0.388 e. The van der Waals surface area contributed by atoms with Crippen molar-refractivity contribution in [1.82, 2.24) is 15.1 Å². The van der Waals surface area contributed by atoms with E-state index in [0.717, 1.165) is 12.2 Å². The highest BCUT2D eigenvalue weighted by Gasteiger charge is 2.21. The van der Waals surface area contributed by atoms with Gasteiger partial charge in [0.25, 0.3) is 0 Å². The maximum atomic E-state index is 10.1. The largest absolute Gasteiger partial charge is 0.388 e. The fourth-order valence-corrected chi connectivity index (χ4v) is 1.61. The average molecular weight is 225 g/mol. The van der Waals surface area contributed by atoms with Crippen LogP contribution in [0.1, 0.15) is 39.4 Å². The molecule has 0 saturated heterocycles. The lowest BCUT2D eigenvalue weighted by Gasteiger charge is -2.22. The van der Waals surface area contributed by atoms with E-state index in [-0.39, 0.29) is 0 Å². The molecule has 1 unspecified atom stereocenters. The predicted octanol–water partition coefficient (Wildman–Crippen LogP) is 1.37. The summed E-state index contributed by atoms with van der Waals surface area (Å²) in [6.07, 6.45) is 2.54.